The molecule has 0 aromatic heterocycles. The molecule has 7 aromatic carbocycles. The Bertz CT molecular complexity index is 3210. The molecule has 0 bridgehead atoms. The fourth-order valence-corrected chi connectivity index (χ4v) is 12.5. The van der Waals surface area contributed by atoms with Gasteiger partial charge in [-0.2, -0.15) is 0 Å². The summed E-state index contributed by atoms with van der Waals surface area (Å²) in [6, 6.07) is 55.8. The van der Waals surface area contributed by atoms with Crippen LogP contribution in [0.15, 0.2) is 175 Å². The number of anilines is 4. The van der Waals surface area contributed by atoms with Gasteiger partial charge in [0.1, 0.15) is 0 Å². The molecule has 4 aliphatic carbocycles. The predicted octanol–water partition coefficient (Wildman–Crippen LogP) is 14.1. The molecule has 13 rings (SSSR count). The molecule has 1 fully saturated rings. The summed E-state index contributed by atoms with van der Waals surface area (Å²) in [6.45, 7) is 1.13. The third-order valence-corrected chi connectivity index (χ3v) is 15.5. The van der Waals surface area contributed by atoms with Crippen molar-refractivity contribution in [1.82, 2.24) is 0 Å². The van der Waals surface area contributed by atoms with E-state index in [-0.39, 0.29) is 5.41 Å². The van der Waals surface area contributed by atoms with Crippen LogP contribution in [0.2, 0.25) is 0 Å². The Labute approximate surface area is 371 Å². The average Bonchev–Trinajstić information content (AvgIpc) is 3.95. The predicted molar refractivity (Wildman–Crippen MR) is 264 cm³/mol. The average molecular weight is 813 g/mol. The first-order valence-electron chi connectivity index (χ1n) is 23.6. The summed E-state index contributed by atoms with van der Waals surface area (Å²) in [5, 5.41) is 5.28. The number of benzene rings is 7. The molecule has 0 N–H and O–H groups in total. The van der Waals surface area contributed by atoms with Crippen LogP contribution in [0, 0.1) is 0 Å². The maximum Gasteiger partial charge on any atom is 0.0497 e. The van der Waals surface area contributed by atoms with Crippen LogP contribution in [0.1, 0.15) is 97.6 Å². The zero-order valence-electron chi connectivity index (χ0n) is 36.0. The lowest BCUT2D eigenvalue weighted by Crippen LogP contribution is -2.31. The van der Waals surface area contributed by atoms with Crippen LogP contribution < -0.4 is 20.2 Å². The topological polar surface area (TPSA) is 6.48 Å². The van der Waals surface area contributed by atoms with E-state index in [0.29, 0.717) is 0 Å². The zero-order valence-corrected chi connectivity index (χ0v) is 36.0. The molecule has 0 amide bonds. The molecule has 0 saturated heterocycles. The van der Waals surface area contributed by atoms with Crippen molar-refractivity contribution in [2.24, 2.45) is 0 Å². The quantitative estimate of drug-likeness (QED) is 0.171. The molecule has 1 saturated carbocycles. The van der Waals surface area contributed by atoms with Crippen molar-refractivity contribution in [2.75, 3.05) is 16.3 Å². The Morgan fingerprint density at radius 2 is 1.25 bits per heavy atom. The van der Waals surface area contributed by atoms with Crippen LogP contribution in [-0.2, 0) is 11.8 Å². The van der Waals surface area contributed by atoms with Gasteiger partial charge in [0.15, 0.2) is 0 Å². The number of hydrogen-bond acceptors (Lipinski definition) is 2. The minimum absolute atomic E-state index is 0.129. The van der Waals surface area contributed by atoms with Crippen LogP contribution in [-0.4, -0.2) is 6.54 Å². The number of nitrogens with zero attached hydrogens (tertiary/aromatic N) is 2. The number of hydrogen-bond donors (Lipinski definition) is 0. The third kappa shape index (κ3) is 5.98. The van der Waals surface area contributed by atoms with Gasteiger partial charge < -0.3 is 9.80 Å². The maximum atomic E-state index is 2.66. The second kappa shape index (κ2) is 14.7. The van der Waals surface area contributed by atoms with Crippen molar-refractivity contribution in [3.05, 3.63) is 219 Å². The largest absolute Gasteiger partial charge is 0.345 e. The van der Waals surface area contributed by atoms with Crippen molar-refractivity contribution in [3.8, 4) is 11.1 Å². The van der Waals surface area contributed by atoms with E-state index in [0.717, 1.165) is 32.2 Å². The molecule has 2 heteroatoms. The van der Waals surface area contributed by atoms with Crippen LogP contribution in [0.5, 0.6) is 0 Å². The highest BCUT2D eigenvalue weighted by Crippen LogP contribution is 2.58. The van der Waals surface area contributed by atoms with E-state index < -0.39 is 0 Å². The van der Waals surface area contributed by atoms with E-state index in [4.69, 9.17) is 0 Å². The summed E-state index contributed by atoms with van der Waals surface area (Å²) in [5.74, 6) is 0. The molecule has 1 spiro atoms. The van der Waals surface area contributed by atoms with Crippen LogP contribution in [0.25, 0.3) is 39.1 Å². The number of para-hydroxylation sites is 2. The summed E-state index contributed by atoms with van der Waals surface area (Å²) >= 11 is 0. The molecule has 0 atom stereocenters. The summed E-state index contributed by atoms with van der Waals surface area (Å²) in [5.41, 5.74) is 22.8. The second-order valence-corrected chi connectivity index (χ2v) is 18.9. The Morgan fingerprint density at radius 3 is 2.10 bits per heavy atom. The van der Waals surface area contributed by atoms with E-state index >= 15 is 0 Å². The minimum Gasteiger partial charge on any atom is -0.345 e. The molecular formula is C61H52N2. The molecule has 0 unspecified atom stereocenters. The Kier molecular flexibility index (Phi) is 8.65. The van der Waals surface area contributed by atoms with Gasteiger partial charge in [-0.05, 0) is 176 Å². The van der Waals surface area contributed by atoms with Gasteiger partial charge in [0.2, 0.25) is 0 Å². The van der Waals surface area contributed by atoms with E-state index in [9.17, 15) is 0 Å². The van der Waals surface area contributed by atoms with E-state index in [1.165, 1.54) is 133 Å². The smallest absolute Gasteiger partial charge is 0.0497 e. The van der Waals surface area contributed by atoms with Gasteiger partial charge in [0, 0.05) is 46.8 Å². The van der Waals surface area contributed by atoms with Gasteiger partial charge in [-0.3, -0.25) is 0 Å². The van der Waals surface area contributed by atoms with Gasteiger partial charge in [-0.15, -0.1) is 0 Å². The van der Waals surface area contributed by atoms with Crippen LogP contribution in [0.3, 0.4) is 0 Å². The van der Waals surface area contributed by atoms with Gasteiger partial charge in [-0.1, -0.05) is 140 Å². The lowest BCUT2D eigenvalue weighted by atomic mass is 9.76. The molecule has 0 radical (unpaired) electrons. The monoisotopic (exact) mass is 812 g/mol. The number of rotatable bonds is 5. The van der Waals surface area contributed by atoms with Gasteiger partial charge in [0.05, 0.1) is 0 Å². The first-order chi connectivity index (χ1) is 31.2. The van der Waals surface area contributed by atoms with Gasteiger partial charge in [0.25, 0.3) is 0 Å². The van der Waals surface area contributed by atoms with Gasteiger partial charge in [-0.25, -0.2) is 0 Å². The van der Waals surface area contributed by atoms with Crippen molar-refractivity contribution < 1.29 is 0 Å². The highest BCUT2D eigenvalue weighted by Gasteiger charge is 2.45. The Balaban J connectivity index is 0.826. The Hall–Kier alpha value is -6.64. The van der Waals surface area contributed by atoms with Crippen LogP contribution >= 0.6 is 0 Å². The molecule has 306 valence electrons. The fraction of sp³-hybridized carbons (Fsp3) is 0.213. The molecule has 7 aromatic rings. The summed E-state index contributed by atoms with van der Waals surface area (Å²) in [6.07, 6.45) is 22.5. The van der Waals surface area contributed by atoms with Crippen molar-refractivity contribution >= 4 is 50.7 Å². The SMILES string of the molecule is C1=CC2=C(CC1)N(c1ccc3c(c1)C1(CCCC1)c1cc(/C=C/C4=c5ccccc5=C(c5ccc6cc(N7c8ccccc8Cc8ccccc87)ccc6c5)CC4)ccc1-3)CCC2. The molecule has 2 aliphatic heterocycles. The first-order valence-corrected chi connectivity index (χ1v) is 23.6. The van der Waals surface area contributed by atoms with Gasteiger partial charge >= 0.3 is 0 Å². The van der Waals surface area contributed by atoms with Crippen LogP contribution in [0.4, 0.5) is 22.7 Å². The lowest BCUT2D eigenvalue weighted by Gasteiger charge is -2.36. The summed E-state index contributed by atoms with van der Waals surface area (Å²) in [7, 11) is 0. The molecule has 2 heterocycles. The third-order valence-electron chi connectivity index (χ3n) is 15.5. The first kappa shape index (κ1) is 37.0. The number of allylic oxidation sites excluding steroid dienone is 5. The highest BCUT2D eigenvalue weighted by atomic mass is 15.2. The highest BCUT2D eigenvalue weighted by molar-refractivity contribution is 5.93. The molecule has 6 aliphatic rings. The fourth-order valence-electron chi connectivity index (χ4n) is 12.5. The summed E-state index contributed by atoms with van der Waals surface area (Å²) in [4.78, 5) is 5.11. The number of fused-ring (bicyclic) bond motifs is 9. The standard InChI is InChI=1S/C61H52N2/c1-6-18-58-43(12-1)15-11-35-62(58)49-29-32-55-54-30-22-41(36-56(54)61(57(55)40-49)33-9-10-34-61)21-23-42-27-31-52(53-17-5-4-16-51(42)53)46-25-24-45-39-50(28-26-44(45)37-46)63-59-19-7-2-13-47(59)38-48-14-3-8-20-60(48)63/h1-5,7-8,12-14,16-17,19-26,28-30,32,36-37,39-40H,6,9-11,15,18,27,31,33-35,38H2/b23-21+. The normalized spacial score (nSPS) is 18.2. The minimum atomic E-state index is 0.129. The molecular weight excluding hydrogens is 761 g/mol. The van der Waals surface area contributed by atoms with E-state index in [1.54, 1.807) is 22.4 Å². The van der Waals surface area contributed by atoms with Crippen molar-refractivity contribution in [2.45, 2.75) is 76.0 Å². The zero-order chi connectivity index (χ0) is 41.5. The Morgan fingerprint density at radius 1 is 0.540 bits per heavy atom. The second-order valence-electron chi connectivity index (χ2n) is 18.9. The van der Waals surface area contributed by atoms with Crippen molar-refractivity contribution in [1.29, 1.82) is 0 Å². The molecule has 2 nitrogen and oxygen atoms in total. The van der Waals surface area contributed by atoms with E-state index in [1.807, 2.05) is 0 Å². The van der Waals surface area contributed by atoms with Crippen molar-refractivity contribution in [3.63, 3.8) is 0 Å². The molecule has 63 heavy (non-hydrogen) atoms. The maximum absolute atomic E-state index is 2.66. The lowest BCUT2D eigenvalue weighted by molar-refractivity contribution is 0.549. The summed E-state index contributed by atoms with van der Waals surface area (Å²) < 4.78 is 0. The van der Waals surface area contributed by atoms with E-state index in [2.05, 4.69) is 180 Å².